The predicted molar refractivity (Wildman–Crippen MR) is 60.3 cm³/mol. The second-order valence-electron chi connectivity index (χ2n) is 3.27. The van der Waals surface area contributed by atoms with Gasteiger partial charge in [0, 0.05) is 16.0 Å². The Morgan fingerprint density at radius 2 is 2.31 bits per heavy atom. The van der Waals surface area contributed by atoms with Gasteiger partial charge in [-0.25, -0.2) is 0 Å². The molecule has 0 aromatic heterocycles. The first kappa shape index (κ1) is 9.22. The second-order valence-corrected chi connectivity index (χ2v) is 5.02. The molecule has 2 rings (SSSR count). The highest BCUT2D eigenvalue weighted by Crippen LogP contribution is 2.42. The van der Waals surface area contributed by atoms with E-state index in [1.54, 1.807) is 0 Å². The molecule has 1 nitrogen and oxygen atoms in total. The van der Waals surface area contributed by atoms with E-state index in [1.807, 2.05) is 30.0 Å². The molecule has 0 bridgehead atoms. The molecule has 1 aliphatic heterocycles. The normalized spacial score (nSPS) is 22.1. The summed E-state index contributed by atoms with van der Waals surface area (Å²) < 4.78 is 0. The summed E-state index contributed by atoms with van der Waals surface area (Å²) in [4.78, 5) is 0. The van der Waals surface area contributed by atoms with Crippen LogP contribution >= 0.6 is 23.4 Å². The molecule has 70 valence electrons. The minimum absolute atomic E-state index is 0.568. The van der Waals surface area contributed by atoms with E-state index in [0.29, 0.717) is 5.25 Å². The van der Waals surface area contributed by atoms with Crippen LogP contribution in [-0.4, -0.2) is 5.75 Å². The quantitative estimate of drug-likeness (QED) is 0.723. The van der Waals surface area contributed by atoms with Crippen LogP contribution in [0.4, 0.5) is 5.69 Å². The monoisotopic (exact) mass is 213 g/mol. The summed E-state index contributed by atoms with van der Waals surface area (Å²) in [5.74, 6) is 1.25. The van der Waals surface area contributed by atoms with Crippen molar-refractivity contribution in [2.24, 2.45) is 0 Å². The molecule has 1 aliphatic rings. The van der Waals surface area contributed by atoms with Crippen molar-refractivity contribution in [3.8, 4) is 0 Å². The molecule has 1 unspecified atom stereocenters. The van der Waals surface area contributed by atoms with Gasteiger partial charge in [-0.2, -0.15) is 11.8 Å². The van der Waals surface area contributed by atoms with Crippen molar-refractivity contribution >= 4 is 29.1 Å². The van der Waals surface area contributed by atoms with Gasteiger partial charge in [0.15, 0.2) is 0 Å². The number of nitrogens with two attached hydrogens (primary N) is 1. The largest absolute Gasteiger partial charge is 0.398 e. The number of benzene rings is 1. The standard InChI is InChI=1S/C10H12ClNS/c11-7-3-4-9(12)8(6-7)10-2-1-5-13-10/h3-4,6,10H,1-2,5,12H2. The van der Waals surface area contributed by atoms with Crippen LogP contribution in [0.25, 0.3) is 0 Å². The van der Waals surface area contributed by atoms with Gasteiger partial charge in [-0.15, -0.1) is 0 Å². The number of rotatable bonds is 1. The first-order chi connectivity index (χ1) is 6.27. The molecule has 1 heterocycles. The SMILES string of the molecule is Nc1ccc(Cl)cc1C1CCCS1. The van der Waals surface area contributed by atoms with E-state index < -0.39 is 0 Å². The third-order valence-electron chi connectivity index (χ3n) is 2.33. The number of hydrogen-bond donors (Lipinski definition) is 1. The molecule has 0 radical (unpaired) electrons. The summed E-state index contributed by atoms with van der Waals surface area (Å²) in [6, 6.07) is 5.75. The smallest absolute Gasteiger partial charge is 0.0410 e. The lowest BCUT2D eigenvalue weighted by atomic mass is 10.1. The second kappa shape index (κ2) is 3.81. The van der Waals surface area contributed by atoms with E-state index in [0.717, 1.165) is 10.7 Å². The maximum absolute atomic E-state index is 5.93. The average Bonchev–Trinajstić information content (AvgIpc) is 2.61. The highest BCUT2D eigenvalue weighted by molar-refractivity contribution is 7.99. The Bertz CT molecular complexity index is 308. The van der Waals surface area contributed by atoms with E-state index in [-0.39, 0.29) is 0 Å². The Labute approximate surface area is 87.7 Å². The Morgan fingerprint density at radius 1 is 1.46 bits per heavy atom. The first-order valence-corrected chi connectivity index (χ1v) is 5.86. The molecule has 2 N–H and O–H groups in total. The van der Waals surface area contributed by atoms with E-state index in [1.165, 1.54) is 24.2 Å². The van der Waals surface area contributed by atoms with Gasteiger partial charge in [0.25, 0.3) is 0 Å². The molecular weight excluding hydrogens is 202 g/mol. The van der Waals surface area contributed by atoms with Crippen LogP contribution in [0.5, 0.6) is 0 Å². The first-order valence-electron chi connectivity index (χ1n) is 4.44. The van der Waals surface area contributed by atoms with Crippen LogP contribution in [0.1, 0.15) is 23.7 Å². The average molecular weight is 214 g/mol. The van der Waals surface area contributed by atoms with E-state index >= 15 is 0 Å². The van der Waals surface area contributed by atoms with Gasteiger partial charge in [0.05, 0.1) is 0 Å². The summed E-state index contributed by atoms with van der Waals surface area (Å²) in [6.45, 7) is 0. The molecular formula is C10H12ClNS. The number of anilines is 1. The topological polar surface area (TPSA) is 26.0 Å². The van der Waals surface area contributed by atoms with E-state index in [9.17, 15) is 0 Å². The number of nitrogen functional groups attached to an aromatic ring is 1. The van der Waals surface area contributed by atoms with Crippen LogP contribution in [0.15, 0.2) is 18.2 Å². The molecule has 0 saturated carbocycles. The summed E-state index contributed by atoms with van der Waals surface area (Å²) in [5.41, 5.74) is 7.99. The summed E-state index contributed by atoms with van der Waals surface area (Å²) in [6.07, 6.45) is 2.52. The van der Waals surface area contributed by atoms with Gasteiger partial charge in [0.2, 0.25) is 0 Å². The number of hydrogen-bond acceptors (Lipinski definition) is 2. The molecule has 3 heteroatoms. The molecule has 13 heavy (non-hydrogen) atoms. The third kappa shape index (κ3) is 1.94. The van der Waals surface area contributed by atoms with Crippen molar-refractivity contribution in [2.45, 2.75) is 18.1 Å². The van der Waals surface area contributed by atoms with Crippen molar-refractivity contribution in [3.63, 3.8) is 0 Å². The van der Waals surface area contributed by atoms with Crippen LogP contribution in [0, 0.1) is 0 Å². The van der Waals surface area contributed by atoms with Crippen molar-refractivity contribution in [3.05, 3.63) is 28.8 Å². The number of halogens is 1. The zero-order valence-corrected chi connectivity index (χ0v) is 8.87. The van der Waals surface area contributed by atoms with Gasteiger partial charge >= 0.3 is 0 Å². The van der Waals surface area contributed by atoms with Crippen LogP contribution in [0.2, 0.25) is 5.02 Å². The Hall–Kier alpha value is -0.340. The van der Waals surface area contributed by atoms with Crippen molar-refractivity contribution in [2.75, 3.05) is 11.5 Å². The van der Waals surface area contributed by atoms with E-state index in [4.69, 9.17) is 17.3 Å². The molecule has 1 fully saturated rings. The Morgan fingerprint density at radius 3 is 3.00 bits per heavy atom. The molecule has 0 spiro atoms. The zero-order chi connectivity index (χ0) is 9.26. The maximum Gasteiger partial charge on any atom is 0.0410 e. The maximum atomic E-state index is 5.93. The van der Waals surface area contributed by atoms with Gasteiger partial charge < -0.3 is 5.73 Å². The summed E-state index contributed by atoms with van der Waals surface area (Å²) >= 11 is 7.91. The molecule has 0 aliphatic carbocycles. The summed E-state index contributed by atoms with van der Waals surface area (Å²) in [5, 5.41) is 1.36. The van der Waals surface area contributed by atoms with E-state index in [2.05, 4.69) is 0 Å². The van der Waals surface area contributed by atoms with Crippen LogP contribution in [-0.2, 0) is 0 Å². The fourth-order valence-electron chi connectivity index (χ4n) is 1.65. The Balaban J connectivity index is 2.32. The number of thioether (sulfide) groups is 1. The lowest BCUT2D eigenvalue weighted by Gasteiger charge is -2.11. The van der Waals surface area contributed by atoms with Crippen LogP contribution < -0.4 is 5.73 Å². The predicted octanol–water partition coefficient (Wildman–Crippen LogP) is 3.49. The lowest BCUT2D eigenvalue weighted by Crippen LogP contribution is -1.96. The summed E-state index contributed by atoms with van der Waals surface area (Å²) in [7, 11) is 0. The third-order valence-corrected chi connectivity index (χ3v) is 3.98. The van der Waals surface area contributed by atoms with Gasteiger partial charge in [0.1, 0.15) is 0 Å². The van der Waals surface area contributed by atoms with Gasteiger partial charge in [-0.3, -0.25) is 0 Å². The minimum Gasteiger partial charge on any atom is -0.398 e. The minimum atomic E-state index is 0.568. The van der Waals surface area contributed by atoms with Crippen molar-refractivity contribution in [1.82, 2.24) is 0 Å². The lowest BCUT2D eigenvalue weighted by molar-refractivity contribution is 0.831. The highest BCUT2D eigenvalue weighted by atomic mass is 35.5. The fourth-order valence-corrected chi connectivity index (χ4v) is 3.16. The van der Waals surface area contributed by atoms with Crippen LogP contribution in [0.3, 0.4) is 0 Å². The molecule has 0 amide bonds. The Kier molecular flexibility index (Phi) is 2.70. The fraction of sp³-hybridized carbons (Fsp3) is 0.400. The zero-order valence-electron chi connectivity index (χ0n) is 7.29. The van der Waals surface area contributed by atoms with Crippen molar-refractivity contribution in [1.29, 1.82) is 0 Å². The molecule has 1 aromatic rings. The highest BCUT2D eigenvalue weighted by Gasteiger charge is 2.19. The van der Waals surface area contributed by atoms with Gasteiger partial charge in [-0.05, 0) is 42.4 Å². The molecule has 1 atom stereocenters. The molecule has 1 saturated heterocycles. The molecule has 1 aromatic carbocycles. The van der Waals surface area contributed by atoms with Crippen molar-refractivity contribution < 1.29 is 0 Å². The van der Waals surface area contributed by atoms with Gasteiger partial charge in [-0.1, -0.05) is 11.6 Å².